The molecule has 28 heavy (non-hydrogen) atoms. The summed E-state index contributed by atoms with van der Waals surface area (Å²) in [6, 6.07) is 17.4. The molecule has 140 valence electrons. The van der Waals surface area contributed by atoms with Gasteiger partial charge in [0.2, 0.25) is 0 Å². The fourth-order valence-corrected chi connectivity index (χ4v) is 4.06. The van der Waals surface area contributed by atoms with Crippen molar-refractivity contribution in [2.75, 3.05) is 4.90 Å². The summed E-state index contributed by atoms with van der Waals surface area (Å²) in [4.78, 5) is 26.9. The molecule has 1 aliphatic rings. The highest BCUT2D eigenvalue weighted by Gasteiger charge is 2.35. The smallest absolute Gasteiger partial charge is 0.333 e. The molecule has 0 atom stereocenters. The van der Waals surface area contributed by atoms with Gasteiger partial charge in [-0.2, -0.15) is 0 Å². The second-order valence-electron chi connectivity index (χ2n) is 5.80. The first-order chi connectivity index (χ1) is 13.5. The molecule has 4 rings (SSSR count). The molecule has 1 fully saturated rings. The number of urea groups is 1. The first kappa shape index (κ1) is 18.9. The Morgan fingerprint density at radius 2 is 1.79 bits per heavy atom. The number of anilines is 1. The van der Waals surface area contributed by atoms with Gasteiger partial charge in [0.05, 0.1) is 10.2 Å². The normalized spacial score (nSPS) is 15.4. The Labute approximate surface area is 178 Å². The molecule has 5 nitrogen and oxygen atoms in total. The van der Waals surface area contributed by atoms with Gasteiger partial charge in [-0.3, -0.25) is 4.79 Å². The van der Waals surface area contributed by atoms with E-state index in [1.54, 1.807) is 42.5 Å². The number of benzene rings is 2. The molecular formula is C20H12BrClN2O3S. The van der Waals surface area contributed by atoms with Crippen LogP contribution in [0.2, 0.25) is 5.02 Å². The van der Waals surface area contributed by atoms with Gasteiger partial charge in [0.1, 0.15) is 11.5 Å². The van der Waals surface area contributed by atoms with Crippen LogP contribution >= 0.6 is 39.3 Å². The second kappa shape index (κ2) is 7.87. The summed E-state index contributed by atoms with van der Waals surface area (Å²) in [5, 5.41) is 3.88. The van der Waals surface area contributed by atoms with Gasteiger partial charge in [-0.25, -0.2) is 9.69 Å². The van der Waals surface area contributed by atoms with Crippen molar-refractivity contribution < 1.29 is 14.0 Å². The van der Waals surface area contributed by atoms with Crippen LogP contribution in [0.5, 0.6) is 0 Å². The average Bonchev–Trinajstić information content (AvgIpc) is 3.16. The van der Waals surface area contributed by atoms with Gasteiger partial charge in [0.25, 0.3) is 5.91 Å². The molecule has 1 aliphatic heterocycles. The van der Waals surface area contributed by atoms with Gasteiger partial charge < -0.3 is 9.73 Å². The van der Waals surface area contributed by atoms with Gasteiger partial charge in [-0.1, -0.05) is 41.6 Å². The van der Waals surface area contributed by atoms with Gasteiger partial charge >= 0.3 is 6.03 Å². The van der Waals surface area contributed by atoms with E-state index < -0.39 is 11.9 Å². The average molecular weight is 476 g/mol. The van der Waals surface area contributed by atoms with Crippen LogP contribution in [0.25, 0.3) is 6.08 Å². The number of furan rings is 1. The minimum atomic E-state index is -0.496. The lowest BCUT2D eigenvalue weighted by atomic mass is 10.3. The third-order valence-electron chi connectivity index (χ3n) is 3.88. The number of carbonyl (C=O) groups is 2. The SMILES string of the molecule is O=C1N/C(=C/c2cc(Br)c(Sc3ccc(Cl)cc3)o2)C(=O)N1c1ccccc1. The second-order valence-corrected chi connectivity index (χ2v) is 8.14. The van der Waals surface area contributed by atoms with E-state index in [-0.39, 0.29) is 5.70 Å². The molecular weight excluding hydrogens is 464 g/mol. The Bertz CT molecular complexity index is 1080. The summed E-state index contributed by atoms with van der Waals surface area (Å²) in [5.74, 6) is 0.0116. The zero-order valence-electron chi connectivity index (χ0n) is 14.2. The van der Waals surface area contributed by atoms with Crippen molar-refractivity contribution in [2.45, 2.75) is 9.99 Å². The van der Waals surface area contributed by atoms with Crippen molar-refractivity contribution in [1.82, 2.24) is 5.32 Å². The topological polar surface area (TPSA) is 62.6 Å². The first-order valence-electron chi connectivity index (χ1n) is 8.16. The van der Waals surface area contributed by atoms with Crippen LogP contribution in [0.4, 0.5) is 10.5 Å². The molecule has 1 N–H and O–H groups in total. The van der Waals surface area contributed by atoms with E-state index in [4.69, 9.17) is 16.0 Å². The maximum absolute atomic E-state index is 12.6. The number of amides is 3. The molecule has 0 bridgehead atoms. The number of carbonyl (C=O) groups excluding carboxylic acids is 2. The highest BCUT2D eigenvalue weighted by Crippen LogP contribution is 2.37. The molecule has 1 aromatic heterocycles. The molecule has 0 spiro atoms. The fourth-order valence-electron chi connectivity index (χ4n) is 2.61. The Morgan fingerprint density at radius 1 is 1.07 bits per heavy atom. The minimum absolute atomic E-state index is 0.151. The van der Waals surface area contributed by atoms with Gasteiger partial charge in [-0.15, -0.1) is 0 Å². The van der Waals surface area contributed by atoms with Crippen molar-refractivity contribution in [2.24, 2.45) is 0 Å². The van der Waals surface area contributed by atoms with Crippen molar-refractivity contribution >= 4 is 63.0 Å². The number of rotatable bonds is 4. The van der Waals surface area contributed by atoms with Crippen LogP contribution in [-0.2, 0) is 4.79 Å². The predicted molar refractivity (Wildman–Crippen MR) is 112 cm³/mol. The van der Waals surface area contributed by atoms with Gasteiger partial charge in [0, 0.05) is 16.0 Å². The minimum Gasteiger partial charge on any atom is -0.449 e. The lowest BCUT2D eigenvalue weighted by Gasteiger charge is -2.10. The third-order valence-corrected chi connectivity index (χ3v) is 5.98. The van der Waals surface area contributed by atoms with E-state index in [1.807, 2.05) is 18.2 Å². The van der Waals surface area contributed by atoms with E-state index in [9.17, 15) is 9.59 Å². The number of nitrogens with zero attached hydrogens (tertiary/aromatic N) is 1. The van der Waals surface area contributed by atoms with Crippen LogP contribution in [0.1, 0.15) is 5.76 Å². The molecule has 3 amide bonds. The summed E-state index contributed by atoms with van der Waals surface area (Å²) < 4.78 is 6.57. The molecule has 2 heterocycles. The van der Waals surface area contributed by atoms with Crippen LogP contribution in [0.15, 0.2) is 85.2 Å². The molecule has 0 radical (unpaired) electrons. The van der Waals surface area contributed by atoms with Crippen LogP contribution in [-0.4, -0.2) is 11.9 Å². The van der Waals surface area contributed by atoms with E-state index in [2.05, 4.69) is 21.2 Å². The summed E-state index contributed by atoms with van der Waals surface area (Å²) in [6.45, 7) is 0. The van der Waals surface area contributed by atoms with Crippen LogP contribution < -0.4 is 10.2 Å². The monoisotopic (exact) mass is 474 g/mol. The zero-order valence-corrected chi connectivity index (χ0v) is 17.3. The number of para-hydroxylation sites is 1. The van der Waals surface area contributed by atoms with Crippen molar-refractivity contribution in [1.29, 1.82) is 0 Å². The largest absolute Gasteiger partial charge is 0.449 e. The first-order valence-corrected chi connectivity index (χ1v) is 10.1. The Hall–Kier alpha value is -2.48. The number of hydrogen-bond donors (Lipinski definition) is 1. The maximum Gasteiger partial charge on any atom is 0.333 e. The number of imide groups is 1. The molecule has 0 unspecified atom stereocenters. The summed E-state index contributed by atoms with van der Waals surface area (Å²) in [5.41, 5.74) is 0.658. The van der Waals surface area contributed by atoms with Crippen molar-refractivity contribution in [3.8, 4) is 0 Å². The highest BCUT2D eigenvalue weighted by atomic mass is 79.9. The standard InChI is InChI=1S/C20H12BrClN2O3S/c21-16-10-14(27-19(16)28-15-8-6-12(22)7-9-15)11-17-18(25)24(20(26)23-17)13-4-2-1-3-5-13/h1-11H,(H,23,26)/b17-11+. The molecule has 8 heteroatoms. The lowest BCUT2D eigenvalue weighted by Crippen LogP contribution is -2.30. The molecule has 3 aromatic rings. The predicted octanol–water partition coefficient (Wildman–Crippen LogP) is 5.94. The Kier molecular flexibility index (Phi) is 5.30. The van der Waals surface area contributed by atoms with Crippen LogP contribution in [0.3, 0.4) is 0 Å². The molecule has 0 saturated carbocycles. The number of nitrogens with one attached hydrogen (secondary N) is 1. The molecule has 0 aliphatic carbocycles. The van der Waals surface area contributed by atoms with E-state index >= 15 is 0 Å². The maximum atomic E-state index is 12.6. The lowest BCUT2D eigenvalue weighted by molar-refractivity contribution is -0.113. The van der Waals surface area contributed by atoms with E-state index in [0.717, 1.165) is 14.3 Å². The Balaban J connectivity index is 1.57. The van der Waals surface area contributed by atoms with E-state index in [1.165, 1.54) is 17.8 Å². The molecule has 1 saturated heterocycles. The highest BCUT2D eigenvalue weighted by molar-refractivity contribution is 9.10. The summed E-state index contributed by atoms with van der Waals surface area (Å²) >= 11 is 10.8. The van der Waals surface area contributed by atoms with Crippen molar-refractivity contribution in [3.63, 3.8) is 0 Å². The summed E-state index contributed by atoms with van der Waals surface area (Å²) in [7, 11) is 0. The number of hydrogen-bond acceptors (Lipinski definition) is 4. The van der Waals surface area contributed by atoms with E-state index in [0.29, 0.717) is 21.6 Å². The fraction of sp³-hybridized carbons (Fsp3) is 0. The third kappa shape index (κ3) is 3.87. The summed E-state index contributed by atoms with van der Waals surface area (Å²) in [6.07, 6.45) is 1.51. The van der Waals surface area contributed by atoms with Crippen LogP contribution in [0, 0.1) is 0 Å². The number of halogens is 2. The van der Waals surface area contributed by atoms with Gasteiger partial charge in [-0.05, 0) is 58.4 Å². The molecule has 2 aromatic carbocycles. The Morgan fingerprint density at radius 3 is 2.50 bits per heavy atom. The zero-order chi connectivity index (χ0) is 19.7. The quantitative estimate of drug-likeness (QED) is 0.374. The van der Waals surface area contributed by atoms with Crippen molar-refractivity contribution in [3.05, 3.63) is 81.6 Å². The van der Waals surface area contributed by atoms with Gasteiger partial charge in [0.15, 0.2) is 5.09 Å².